The van der Waals surface area contributed by atoms with Gasteiger partial charge in [-0.1, -0.05) is 48.5 Å². The van der Waals surface area contributed by atoms with E-state index < -0.39 is 0 Å². The quantitative estimate of drug-likeness (QED) is 0.583. The third kappa shape index (κ3) is 2.41. The lowest BCUT2D eigenvalue weighted by Crippen LogP contribution is -2.10. The third-order valence-corrected chi connectivity index (χ3v) is 4.42. The van der Waals surface area contributed by atoms with Crippen LogP contribution in [-0.4, -0.2) is 26.0 Å². The van der Waals surface area contributed by atoms with Gasteiger partial charge in [-0.2, -0.15) is 5.10 Å². The molecule has 4 rings (SSSR count). The predicted octanol–water partition coefficient (Wildman–Crippen LogP) is 3.50. The summed E-state index contributed by atoms with van der Waals surface area (Å²) in [5, 5.41) is 5.76. The first kappa shape index (κ1) is 14.7. The minimum absolute atomic E-state index is 0.176. The van der Waals surface area contributed by atoms with Crippen molar-refractivity contribution in [2.45, 2.75) is 5.03 Å². The molecule has 4 aromatic rings. The van der Waals surface area contributed by atoms with Gasteiger partial charge in [0.05, 0.1) is 5.69 Å². The summed E-state index contributed by atoms with van der Waals surface area (Å²) in [6.07, 6.45) is 1.90. The Morgan fingerprint density at radius 1 is 1.00 bits per heavy atom. The molecule has 24 heavy (non-hydrogen) atoms. The average molecular weight is 334 g/mol. The Bertz CT molecular complexity index is 1060. The molecule has 0 amide bonds. The summed E-state index contributed by atoms with van der Waals surface area (Å²) in [4.78, 5) is 20.2. The maximum atomic E-state index is 12.6. The molecule has 2 heterocycles. The summed E-state index contributed by atoms with van der Waals surface area (Å²) >= 11 is 1.44. The van der Waals surface area contributed by atoms with E-state index >= 15 is 0 Å². The number of hydrogen-bond donors (Lipinski definition) is 1. The first-order chi connectivity index (χ1) is 11.8. The SMILES string of the molecule is CSc1nn(-c2ccccc2)c2nc(-c3ccccc3)[nH]c(=O)c12. The molecular formula is C18H14N4OS. The van der Waals surface area contributed by atoms with Gasteiger partial charge in [0, 0.05) is 5.56 Å². The van der Waals surface area contributed by atoms with Crippen molar-refractivity contribution in [1.82, 2.24) is 19.7 Å². The molecule has 118 valence electrons. The Hall–Kier alpha value is -2.86. The van der Waals surface area contributed by atoms with Crippen LogP contribution < -0.4 is 5.56 Å². The first-order valence-electron chi connectivity index (χ1n) is 7.46. The monoisotopic (exact) mass is 334 g/mol. The van der Waals surface area contributed by atoms with Crippen LogP contribution in [0.2, 0.25) is 0 Å². The fraction of sp³-hybridized carbons (Fsp3) is 0.0556. The van der Waals surface area contributed by atoms with Gasteiger partial charge in [-0.25, -0.2) is 9.67 Å². The highest BCUT2D eigenvalue weighted by molar-refractivity contribution is 7.98. The number of aromatic nitrogens is 4. The van der Waals surface area contributed by atoms with E-state index in [9.17, 15) is 4.79 Å². The highest BCUT2D eigenvalue weighted by Gasteiger charge is 2.17. The van der Waals surface area contributed by atoms with E-state index in [4.69, 9.17) is 0 Å². The largest absolute Gasteiger partial charge is 0.306 e. The summed E-state index contributed by atoms with van der Waals surface area (Å²) in [7, 11) is 0. The van der Waals surface area contributed by atoms with E-state index in [2.05, 4.69) is 15.1 Å². The standard InChI is InChI=1S/C18H14N4OS/c1-24-18-14-16(22(21-18)13-10-6-3-7-11-13)19-15(20-17(14)23)12-8-4-2-5-9-12/h2-11H,1H3,(H,19,20,23). The molecule has 0 spiro atoms. The summed E-state index contributed by atoms with van der Waals surface area (Å²) < 4.78 is 1.73. The number of aromatic amines is 1. The molecule has 0 saturated heterocycles. The van der Waals surface area contributed by atoms with Gasteiger partial charge in [-0.3, -0.25) is 4.79 Å². The molecule has 0 unspecified atom stereocenters. The molecule has 0 fully saturated rings. The van der Waals surface area contributed by atoms with Crippen molar-refractivity contribution < 1.29 is 0 Å². The van der Waals surface area contributed by atoms with Crippen LogP contribution in [0.3, 0.4) is 0 Å². The third-order valence-electron chi connectivity index (χ3n) is 3.75. The van der Waals surface area contributed by atoms with Crippen molar-refractivity contribution in [3.05, 3.63) is 71.0 Å². The van der Waals surface area contributed by atoms with Gasteiger partial charge in [-0.05, 0) is 18.4 Å². The van der Waals surface area contributed by atoms with Crippen LogP contribution in [0, 0.1) is 0 Å². The Kier molecular flexibility index (Phi) is 3.66. The van der Waals surface area contributed by atoms with Crippen LogP contribution >= 0.6 is 11.8 Å². The second kappa shape index (κ2) is 5.98. The van der Waals surface area contributed by atoms with E-state index in [1.165, 1.54) is 11.8 Å². The molecule has 0 aliphatic carbocycles. The normalized spacial score (nSPS) is 11.0. The van der Waals surface area contributed by atoms with Crippen molar-refractivity contribution in [2.24, 2.45) is 0 Å². The van der Waals surface area contributed by atoms with Gasteiger partial charge in [0.25, 0.3) is 5.56 Å². The van der Waals surface area contributed by atoms with E-state index in [-0.39, 0.29) is 5.56 Å². The van der Waals surface area contributed by atoms with E-state index in [0.717, 1.165) is 11.3 Å². The average Bonchev–Trinajstić information content (AvgIpc) is 3.02. The molecule has 0 atom stereocenters. The topological polar surface area (TPSA) is 63.6 Å². The lowest BCUT2D eigenvalue weighted by atomic mass is 10.2. The van der Waals surface area contributed by atoms with Gasteiger partial charge in [-0.15, -0.1) is 11.8 Å². The molecule has 6 heteroatoms. The highest BCUT2D eigenvalue weighted by Crippen LogP contribution is 2.25. The van der Waals surface area contributed by atoms with Crippen LogP contribution in [0.5, 0.6) is 0 Å². The summed E-state index contributed by atoms with van der Waals surface area (Å²) in [6.45, 7) is 0. The second-order valence-electron chi connectivity index (χ2n) is 5.24. The smallest absolute Gasteiger partial charge is 0.263 e. The van der Waals surface area contributed by atoms with Gasteiger partial charge < -0.3 is 4.98 Å². The van der Waals surface area contributed by atoms with Crippen LogP contribution in [0.1, 0.15) is 0 Å². The Labute approximate surface area is 142 Å². The molecule has 0 bridgehead atoms. The number of para-hydroxylation sites is 1. The number of fused-ring (bicyclic) bond motifs is 1. The van der Waals surface area contributed by atoms with Crippen molar-refractivity contribution in [2.75, 3.05) is 6.26 Å². The van der Waals surface area contributed by atoms with Crippen LogP contribution in [0.15, 0.2) is 70.5 Å². The molecule has 0 radical (unpaired) electrons. The van der Waals surface area contributed by atoms with Crippen molar-refractivity contribution in [1.29, 1.82) is 0 Å². The zero-order chi connectivity index (χ0) is 16.5. The minimum atomic E-state index is -0.176. The fourth-order valence-electron chi connectivity index (χ4n) is 2.62. The van der Waals surface area contributed by atoms with Gasteiger partial charge in [0.2, 0.25) is 0 Å². The Morgan fingerprint density at radius 3 is 2.33 bits per heavy atom. The summed E-state index contributed by atoms with van der Waals surface area (Å²) in [6, 6.07) is 19.3. The number of hydrogen-bond acceptors (Lipinski definition) is 4. The maximum Gasteiger partial charge on any atom is 0.263 e. The number of nitrogens with one attached hydrogen (secondary N) is 1. The minimum Gasteiger partial charge on any atom is -0.306 e. The van der Waals surface area contributed by atoms with Crippen molar-refractivity contribution >= 4 is 22.8 Å². The lowest BCUT2D eigenvalue weighted by molar-refractivity contribution is 0.852. The number of nitrogens with zero attached hydrogens (tertiary/aromatic N) is 3. The summed E-state index contributed by atoms with van der Waals surface area (Å²) in [5.41, 5.74) is 2.13. The number of H-pyrrole nitrogens is 1. The second-order valence-corrected chi connectivity index (χ2v) is 6.03. The Morgan fingerprint density at radius 2 is 1.67 bits per heavy atom. The number of thioether (sulfide) groups is 1. The fourth-order valence-corrected chi connectivity index (χ4v) is 3.17. The molecule has 0 aliphatic heterocycles. The van der Waals surface area contributed by atoms with E-state index in [1.807, 2.05) is 66.9 Å². The van der Waals surface area contributed by atoms with Crippen LogP contribution in [-0.2, 0) is 0 Å². The van der Waals surface area contributed by atoms with Gasteiger partial charge >= 0.3 is 0 Å². The Balaban J connectivity index is 2.04. The molecule has 2 aromatic heterocycles. The molecule has 2 aromatic carbocycles. The van der Waals surface area contributed by atoms with Crippen molar-refractivity contribution in [3.63, 3.8) is 0 Å². The molecule has 0 aliphatic rings. The number of benzene rings is 2. The molecule has 1 N–H and O–H groups in total. The van der Waals surface area contributed by atoms with Crippen molar-refractivity contribution in [3.8, 4) is 17.1 Å². The van der Waals surface area contributed by atoms with Crippen LogP contribution in [0.25, 0.3) is 28.1 Å². The zero-order valence-corrected chi connectivity index (χ0v) is 13.7. The lowest BCUT2D eigenvalue weighted by Gasteiger charge is -2.04. The molecule has 5 nitrogen and oxygen atoms in total. The van der Waals surface area contributed by atoms with E-state index in [0.29, 0.717) is 21.9 Å². The highest BCUT2D eigenvalue weighted by atomic mass is 32.2. The van der Waals surface area contributed by atoms with Gasteiger partial charge in [0.15, 0.2) is 5.65 Å². The molecule has 0 saturated carbocycles. The maximum absolute atomic E-state index is 12.6. The van der Waals surface area contributed by atoms with Gasteiger partial charge in [0.1, 0.15) is 16.2 Å². The first-order valence-corrected chi connectivity index (χ1v) is 8.68. The van der Waals surface area contributed by atoms with E-state index in [1.54, 1.807) is 4.68 Å². The predicted molar refractivity (Wildman–Crippen MR) is 96.7 cm³/mol. The van der Waals surface area contributed by atoms with Crippen LogP contribution in [0.4, 0.5) is 0 Å². The molecular weight excluding hydrogens is 320 g/mol. The summed E-state index contributed by atoms with van der Waals surface area (Å²) in [5.74, 6) is 0.540. The zero-order valence-electron chi connectivity index (χ0n) is 12.9. The number of rotatable bonds is 3.